The van der Waals surface area contributed by atoms with Gasteiger partial charge >= 0.3 is 0 Å². The number of aromatic nitrogens is 2. The lowest BCUT2D eigenvalue weighted by Crippen LogP contribution is -2.11. The van der Waals surface area contributed by atoms with Crippen LogP contribution >= 0.6 is 0 Å². The van der Waals surface area contributed by atoms with Gasteiger partial charge < -0.3 is 4.52 Å². The average molecular weight is 279 g/mol. The second-order valence-corrected chi connectivity index (χ2v) is 4.61. The lowest BCUT2D eigenvalue weighted by molar-refractivity contribution is 0.102. The third-order valence-electron chi connectivity index (χ3n) is 2.95. The Hall–Kier alpha value is -2.95. The van der Waals surface area contributed by atoms with Crippen molar-refractivity contribution in [3.63, 3.8) is 0 Å². The molecule has 21 heavy (non-hydrogen) atoms. The molecule has 1 N–H and O–H groups in total. The lowest BCUT2D eigenvalue weighted by Gasteiger charge is -2.01. The summed E-state index contributed by atoms with van der Waals surface area (Å²) in [6, 6.07) is 14.5. The van der Waals surface area contributed by atoms with E-state index in [0.717, 1.165) is 5.56 Å². The number of amides is 1. The molecular formula is C16H13N3O2. The van der Waals surface area contributed by atoms with Crippen LogP contribution in [-0.4, -0.2) is 16.0 Å². The minimum Gasteiger partial charge on any atom is -0.338 e. The maximum absolute atomic E-state index is 12.1. The van der Waals surface area contributed by atoms with Gasteiger partial charge in [0.2, 0.25) is 5.88 Å². The molecular weight excluding hydrogens is 266 g/mol. The number of nitrogens with zero attached hydrogens (tertiary/aromatic N) is 2. The van der Waals surface area contributed by atoms with Crippen LogP contribution in [0.15, 0.2) is 59.3 Å². The van der Waals surface area contributed by atoms with E-state index in [1.807, 2.05) is 43.3 Å². The number of anilines is 1. The number of pyridine rings is 1. The van der Waals surface area contributed by atoms with Crippen LogP contribution in [0.5, 0.6) is 0 Å². The molecule has 2 heterocycles. The highest BCUT2D eigenvalue weighted by atomic mass is 16.5. The molecule has 5 nitrogen and oxygen atoms in total. The van der Waals surface area contributed by atoms with Gasteiger partial charge in [-0.25, -0.2) is 0 Å². The number of benzene rings is 1. The van der Waals surface area contributed by atoms with E-state index in [2.05, 4.69) is 15.5 Å². The normalized spacial score (nSPS) is 10.3. The Morgan fingerprint density at radius 3 is 2.76 bits per heavy atom. The Morgan fingerprint density at radius 1 is 1.10 bits per heavy atom. The minimum atomic E-state index is -0.234. The van der Waals surface area contributed by atoms with Gasteiger partial charge in [-0.1, -0.05) is 28.9 Å². The van der Waals surface area contributed by atoms with Crippen molar-refractivity contribution in [1.82, 2.24) is 10.1 Å². The third-order valence-corrected chi connectivity index (χ3v) is 2.95. The Morgan fingerprint density at radius 2 is 2.00 bits per heavy atom. The second kappa shape index (κ2) is 5.58. The van der Waals surface area contributed by atoms with Crippen molar-refractivity contribution in [3.8, 4) is 11.4 Å². The first-order valence-electron chi connectivity index (χ1n) is 6.48. The summed E-state index contributed by atoms with van der Waals surface area (Å²) in [5.41, 5.74) is 2.87. The van der Waals surface area contributed by atoms with Gasteiger partial charge in [0.05, 0.1) is 5.69 Å². The lowest BCUT2D eigenvalue weighted by atomic mass is 10.1. The fraction of sp³-hybridized carbons (Fsp3) is 0.0625. The van der Waals surface area contributed by atoms with E-state index in [1.165, 1.54) is 0 Å². The van der Waals surface area contributed by atoms with Crippen LogP contribution in [0.3, 0.4) is 0 Å². The smallest absolute Gasteiger partial charge is 0.258 e. The summed E-state index contributed by atoms with van der Waals surface area (Å²) in [5, 5.41) is 6.58. The van der Waals surface area contributed by atoms with Gasteiger partial charge in [0.1, 0.15) is 5.69 Å². The summed E-state index contributed by atoms with van der Waals surface area (Å²) in [4.78, 5) is 16.3. The van der Waals surface area contributed by atoms with E-state index in [-0.39, 0.29) is 5.91 Å². The van der Waals surface area contributed by atoms with Crippen LogP contribution in [0.1, 0.15) is 15.9 Å². The van der Waals surface area contributed by atoms with Crippen LogP contribution < -0.4 is 5.32 Å². The van der Waals surface area contributed by atoms with Crippen molar-refractivity contribution in [3.05, 3.63) is 65.9 Å². The standard InChI is InChI=1S/C16H13N3O2/c1-11-5-4-6-12(9-11)16(20)18-15-10-14(19-21-15)13-7-2-3-8-17-13/h2-10H,1H3,(H,18,20). The zero-order valence-corrected chi connectivity index (χ0v) is 11.4. The maximum Gasteiger partial charge on any atom is 0.258 e. The van der Waals surface area contributed by atoms with Crippen molar-refractivity contribution in [1.29, 1.82) is 0 Å². The van der Waals surface area contributed by atoms with Crippen molar-refractivity contribution >= 4 is 11.8 Å². The highest BCUT2D eigenvalue weighted by Gasteiger charge is 2.11. The average Bonchev–Trinajstić information content (AvgIpc) is 2.97. The molecule has 0 saturated carbocycles. The van der Waals surface area contributed by atoms with Gasteiger partial charge in [0, 0.05) is 17.8 Å². The second-order valence-electron chi connectivity index (χ2n) is 4.61. The quantitative estimate of drug-likeness (QED) is 0.798. The first-order chi connectivity index (χ1) is 10.2. The Labute approximate surface area is 121 Å². The third kappa shape index (κ3) is 2.97. The molecule has 0 fully saturated rings. The van der Waals surface area contributed by atoms with Gasteiger partial charge in [-0.15, -0.1) is 0 Å². The zero-order valence-electron chi connectivity index (χ0n) is 11.4. The van der Waals surface area contributed by atoms with E-state index < -0.39 is 0 Å². The molecule has 3 aromatic rings. The van der Waals surface area contributed by atoms with E-state index >= 15 is 0 Å². The topological polar surface area (TPSA) is 68.0 Å². The molecule has 1 aromatic carbocycles. The minimum absolute atomic E-state index is 0.234. The summed E-state index contributed by atoms with van der Waals surface area (Å²) in [7, 11) is 0. The van der Waals surface area contributed by atoms with E-state index in [4.69, 9.17) is 4.52 Å². The first-order valence-corrected chi connectivity index (χ1v) is 6.48. The molecule has 0 aliphatic rings. The van der Waals surface area contributed by atoms with Crippen molar-refractivity contribution in [2.24, 2.45) is 0 Å². The van der Waals surface area contributed by atoms with Crippen LogP contribution in [0.4, 0.5) is 5.88 Å². The number of carbonyl (C=O) groups excluding carboxylic acids is 1. The fourth-order valence-electron chi connectivity index (χ4n) is 1.94. The van der Waals surface area contributed by atoms with Crippen LogP contribution in [-0.2, 0) is 0 Å². The summed E-state index contributed by atoms with van der Waals surface area (Å²) < 4.78 is 5.12. The highest BCUT2D eigenvalue weighted by Crippen LogP contribution is 2.19. The molecule has 0 saturated heterocycles. The SMILES string of the molecule is Cc1cccc(C(=O)Nc2cc(-c3ccccn3)no2)c1. The van der Waals surface area contributed by atoms with Gasteiger partial charge in [0.15, 0.2) is 0 Å². The Bertz CT molecular complexity index is 766. The predicted molar refractivity (Wildman–Crippen MR) is 78.9 cm³/mol. The van der Waals surface area contributed by atoms with Crippen molar-refractivity contribution < 1.29 is 9.32 Å². The highest BCUT2D eigenvalue weighted by molar-refractivity contribution is 6.03. The molecule has 0 atom stereocenters. The summed E-state index contributed by atoms with van der Waals surface area (Å²) >= 11 is 0. The van der Waals surface area contributed by atoms with Gasteiger partial charge in [0.25, 0.3) is 5.91 Å². The first kappa shape index (κ1) is 13.1. The van der Waals surface area contributed by atoms with Gasteiger partial charge in [-0.2, -0.15) is 0 Å². The Balaban J connectivity index is 1.77. The van der Waals surface area contributed by atoms with Crippen molar-refractivity contribution in [2.75, 3.05) is 5.32 Å². The number of rotatable bonds is 3. The molecule has 5 heteroatoms. The van der Waals surface area contributed by atoms with Gasteiger partial charge in [-0.05, 0) is 31.2 Å². The van der Waals surface area contributed by atoms with Crippen molar-refractivity contribution in [2.45, 2.75) is 6.92 Å². The fourth-order valence-corrected chi connectivity index (χ4v) is 1.94. The number of hydrogen-bond acceptors (Lipinski definition) is 4. The summed E-state index contributed by atoms with van der Waals surface area (Å²) in [5.74, 6) is 0.0598. The number of aryl methyl sites for hydroxylation is 1. The molecule has 0 aliphatic carbocycles. The molecule has 3 rings (SSSR count). The predicted octanol–water partition coefficient (Wildman–Crippen LogP) is 3.30. The van der Waals surface area contributed by atoms with Gasteiger partial charge in [-0.3, -0.25) is 15.1 Å². The van der Waals surface area contributed by atoms with E-state index in [1.54, 1.807) is 18.3 Å². The van der Waals surface area contributed by atoms with E-state index in [0.29, 0.717) is 22.8 Å². The molecule has 2 aromatic heterocycles. The maximum atomic E-state index is 12.1. The molecule has 0 aliphatic heterocycles. The molecule has 0 radical (unpaired) electrons. The van der Waals surface area contributed by atoms with Crippen LogP contribution in [0.2, 0.25) is 0 Å². The molecule has 0 spiro atoms. The Kier molecular flexibility index (Phi) is 3.47. The van der Waals surface area contributed by atoms with Crippen LogP contribution in [0, 0.1) is 6.92 Å². The monoisotopic (exact) mass is 279 g/mol. The summed E-state index contributed by atoms with van der Waals surface area (Å²) in [6.07, 6.45) is 1.68. The van der Waals surface area contributed by atoms with Crippen LogP contribution in [0.25, 0.3) is 11.4 Å². The summed E-state index contributed by atoms with van der Waals surface area (Å²) in [6.45, 7) is 1.93. The largest absolute Gasteiger partial charge is 0.338 e. The zero-order chi connectivity index (χ0) is 14.7. The molecule has 1 amide bonds. The number of nitrogens with one attached hydrogen (secondary N) is 1. The molecule has 0 unspecified atom stereocenters. The van der Waals surface area contributed by atoms with E-state index in [9.17, 15) is 4.79 Å². The number of carbonyl (C=O) groups is 1. The number of hydrogen-bond donors (Lipinski definition) is 1. The molecule has 104 valence electrons. The molecule has 0 bridgehead atoms.